The van der Waals surface area contributed by atoms with Crippen LogP contribution >= 0.6 is 11.8 Å². The first-order valence-electron chi connectivity index (χ1n) is 9.13. The maximum absolute atomic E-state index is 11.2. The van der Waals surface area contributed by atoms with Crippen molar-refractivity contribution in [3.8, 4) is 0 Å². The number of hydrogen-bond donors (Lipinski definition) is 4. The predicted octanol–water partition coefficient (Wildman–Crippen LogP) is -0.561. The smallest absolute Gasteiger partial charge is 0.303 e. The van der Waals surface area contributed by atoms with E-state index < -0.39 is 33.7 Å². The van der Waals surface area contributed by atoms with Crippen LogP contribution in [-0.4, -0.2) is 64.7 Å². The van der Waals surface area contributed by atoms with Gasteiger partial charge >= 0.3 is 12.1 Å². The van der Waals surface area contributed by atoms with Crippen molar-refractivity contribution in [2.24, 2.45) is 0 Å². The fraction of sp³-hybridized carbons (Fsp3) is 0.111. The van der Waals surface area contributed by atoms with Gasteiger partial charge < -0.3 is 10.6 Å². The van der Waals surface area contributed by atoms with Gasteiger partial charge in [-0.05, 0) is 30.5 Å². The molecule has 0 saturated carbocycles. The molecule has 4 rings (SSSR count). The number of aromatic nitrogens is 4. The van der Waals surface area contributed by atoms with Gasteiger partial charge in [-0.2, -0.15) is 0 Å². The average Bonchev–Trinajstić information content (AvgIpc) is 3.26. The molecule has 0 unspecified atom stereocenters. The summed E-state index contributed by atoms with van der Waals surface area (Å²) in [6.45, 7) is 0. The highest BCUT2D eigenvalue weighted by molar-refractivity contribution is 7.98. The van der Waals surface area contributed by atoms with E-state index in [1.54, 1.807) is 12.3 Å². The van der Waals surface area contributed by atoms with Crippen molar-refractivity contribution >= 4 is 57.6 Å². The van der Waals surface area contributed by atoms with E-state index in [2.05, 4.69) is 35.9 Å². The van der Waals surface area contributed by atoms with Crippen molar-refractivity contribution in [1.82, 2.24) is 41.2 Å². The standard InChI is InChI=1S/C9H8N4O4S.C9H8N4O2S/c1-18(16,17)9-10-3-2-5(11-9)4-6-7(14)13-8(15)12-6;1-16-9-10-3-2-5(11-9)4-6-7(14)13-8(15)12-6/h2-4H,1H3,(H2,12,13,14,15);2-4H,1H3,(H2,12,13,14,15)/b2*6-4-. The minimum absolute atomic E-state index is 0.00171. The maximum Gasteiger partial charge on any atom is 0.326 e. The minimum atomic E-state index is -3.52. The third kappa shape index (κ3) is 6.42. The van der Waals surface area contributed by atoms with E-state index in [4.69, 9.17) is 0 Å². The van der Waals surface area contributed by atoms with Crippen molar-refractivity contribution in [1.29, 1.82) is 0 Å². The van der Waals surface area contributed by atoms with Gasteiger partial charge in [0, 0.05) is 18.6 Å². The van der Waals surface area contributed by atoms with Crippen LogP contribution in [0.25, 0.3) is 12.2 Å². The van der Waals surface area contributed by atoms with Gasteiger partial charge in [-0.1, -0.05) is 11.8 Å². The van der Waals surface area contributed by atoms with Gasteiger partial charge in [0.05, 0.1) is 11.4 Å². The zero-order valence-corrected chi connectivity index (χ0v) is 19.2. The first kappa shape index (κ1) is 24.5. The Balaban J connectivity index is 0.000000192. The van der Waals surface area contributed by atoms with E-state index in [9.17, 15) is 27.6 Å². The van der Waals surface area contributed by atoms with E-state index in [-0.39, 0.29) is 22.2 Å². The number of carbonyl (C=O) groups excluding carboxylic acids is 4. The SMILES string of the molecule is CS(=O)(=O)c1nccc(/C=C2\NC(=O)NC2=O)n1.CSc1nccc(/C=C2\NC(=O)NC2=O)n1. The van der Waals surface area contributed by atoms with Crippen LogP contribution in [0, 0.1) is 0 Å². The van der Waals surface area contributed by atoms with Gasteiger partial charge in [-0.3, -0.25) is 20.2 Å². The van der Waals surface area contributed by atoms with Crippen LogP contribution in [0.2, 0.25) is 0 Å². The zero-order chi connectivity index (χ0) is 24.9. The molecule has 2 aliphatic rings. The van der Waals surface area contributed by atoms with Gasteiger partial charge in [0.15, 0.2) is 5.16 Å². The van der Waals surface area contributed by atoms with Crippen molar-refractivity contribution in [2.45, 2.75) is 10.3 Å². The summed E-state index contributed by atoms with van der Waals surface area (Å²) in [7, 11) is -3.52. The summed E-state index contributed by atoms with van der Waals surface area (Å²) >= 11 is 1.40. The molecule has 0 aliphatic carbocycles. The van der Waals surface area contributed by atoms with Crippen LogP contribution in [0.3, 0.4) is 0 Å². The first-order valence-corrected chi connectivity index (χ1v) is 12.2. The third-order valence-electron chi connectivity index (χ3n) is 3.85. The molecule has 16 heteroatoms. The number of nitrogens with one attached hydrogen (secondary N) is 4. The van der Waals surface area contributed by atoms with Crippen LogP contribution in [0.1, 0.15) is 11.4 Å². The number of nitrogens with zero attached hydrogens (tertiary/aromatic N) is 4. The van der Waals surface area contributed by atoms with Gasteiger partial charge in [0.1, 0.15) is 11.4 Å². The van der Waals surface area contributed by atoms with Crippen molar-refractivity contribution < 1.29 is 27.6 Å². The molecule has 2 saturated heterocycles. The molecule has 0 aromatic carbocycles. The Labute approximate surface area is 196 Å². The molecule has 2 aromatic rings. The van der Waals surface area contributed by atoms with E-state index in [0.717, 1.165) is 6.26 Å². The number of imide groups is 2. The monoisotopic (exact) mass is 504 g/mol. The number of urea groups is 2. The summed E-state index contributed by atoms with van der Waals surface area (Å²) in [5.41, 5.74) is 0.971. The van der Waals surface area contributed by atoms with Crippen LogP contribution in [0.4, 0.5) is 9.59 Å². The molecule has 0 radical (unpaired) electrons. The minimum Gasteiger partial charge on any atom is -0.303 e. The van der Waals surface area contributed by atoms with Crippen LogP contribution in [0.5, 0.6) is 0 Å². The summed E-state index contributed by atoms with van der Waals surface area (Å²) in [6.07, 6.45) is 8.45. The lowest BCUT2D eigenvalue weighted by molar-refractivity contribution is -0.116. The van der Waals surface area contributed by atoms with Crippen molar-refractivity contribution in [3.63, 3.8) is 0 Å². The molecule has 2 aliphatic heterocycles. The quantitative estimate of drug-likeness (QED) is 0.180. The highest BCUT2D eigenvalue weighted by Gasteiger charge is 2.24. The molecule has 0 bridgehead atoms. The van der Waals surface area contributed by atoms with Crippen molar-refractivity contribution in [2.75, 3.05) is 12.5 Å². The molecular formula is C18H16N8O6S2. The molecule has 2 fully saturated rings. The molecule has 4 heterocycles. The topological polar surface area (TPSA) is 202 Å². The summed E-state index contributed by atoms with van der Waals surface area (Å²) in [5, 5.41) is 9.03. The van der Waals surface area contributed by atoms with Gasteiger partial charge in [0.25, 0.3) is 11.8 Å². The molecule has 6 amide bonds. The van der Waals surface area contributed by atoms with E-state index >= 15 is 0 Å². The first-order chi connectivity index (χ1) is 16.0. The molecular weight excluding hydrogens is 488 g/mol. The molecule has 34 heavy (non-hydrogen) atoms. The largest absolute Gasteiger partial charge is 0.326 e. The van der Waals surface area contributed by atoms with Gasteiger partial charge in [0.2, 0.25) is 15.0 Å². The lowest BCUT2D eigenvalue weighted by Gasteiger charge is -1.98. The molecule has 0 spiro atoms. The Kier molecular flexibility index (Phi) is 7.32. The lowest BCUT2D eigenvalue weighted by Crippen LogP contribution is -2.22. The molecule has 4 N–H and O–H groups in total. The normalized spacial score (nSPS) is 17.6. The number of sulfone groups is 1. The Morgan fingerprint density at radius 3 is 1.74 bits per heavy atom. The van der Waals surface area contributed by atoms with Gasteiger partial charge in [-0.25, -0.2) is 37.9 Å². The maximum atomic E-state index is 11.2. The average molecular weight is 505 g/mol. The lowest BCUT2D eigenvalue weighted by atomic mass is 10.3. The van der Waals surface area contributed by atoms with Crippen LogP contribution < -0.4 is 21.3 Å². The fourth-order valence-electron chi connectivity index (χ4n) is 2.41. The van der Waals surface area contributed by atoms with Crippen LogP contribution in [-0.2, 0) is 19.4 Å². The van der Waals surface area contributed by atoms with Gasteiger partial charge in [-0.15, -0.1) is 0 Å². The Morgan fingerprint density at radius 2 is 1.29 bits per heavy atom. The molecule has 0 atom stereocenters. The molecule has 2 aromatic heterocycles. The van der Waals surface area contributed by atoms with Crippen LogP contribution in [0.15, 0.2) is 46.2 Å². The molecule has 176 valence electrons. The Bertz CT molecular complexity index is 1360. The van der Waals surface area contributed by atoms with E-state index in [1.165, 1.54) is 36.2 Å². The summed E-state index contributed by atoms with van der Waals surface area (Å²) in [4.78, 5) is 59.7. The highest BCUT2D eigenvalue weighted by Crippen LogP contribution is 2.11. The number of amides is 6. The zero-order valence-electron chi connectivity index (χ0n) is 17.5. The predicted molar refractivity (Wildman–Crippen MR) is 118 cm³/mol. The van der Waals surface area contributed by atoms with Crippen molar-refractivity contribution in [3.05, 3.63) is 47.3 Å². The second-order valence-corrected chi connectivity index (χ2v) is 9.12. The van der Waals surface area contributed by atoms with E-state index in [0.29, 0.717) is 10.9 Å². The van der Waals surface area contributed by atoms with E-state index in [1.807, 2.05) is 11.6 Å². The number of hydrogen-bond acceptors (Lipinski definition) is 11. The second-order valence-electron chi connectivity index (χ2n) is 6.44. The fourth-order valence-corrected chi connectivity index (χ4v) is 3.29. The number of carbonyl (C=O) groups is 4. The summed E-state index contributed by atoms with van der Waals surface area (Å²) in [6, 6.07) is 1.92. The Hall–Kier alpha value is -4.18. The Morgan fingerprint density at radius 1 is 0.794 bits per heavy atom. The summed E-state index contributed by atoms with van der Waals surface area (Å²) < 4.78 is 22.5. The number of rotatable bonds is 4. The molecule has 14 nitrogen and oxygen atoms in total. The highest BCUT2D eigenvalue weighted by atomic mass is 32.2. The number of thioether (sulfide) groups is 1. The second kappa shape index (κ2) is 10.2. The third-order valence-corrected chi connectivity index (χ3v) is 5.27. The summed E-state index contributed by atoms with van der Waals surface area (Å²) in [5.74, 6) is -1.05.